The van der Waals surface area contributed by atoms with Gasteiger partial charge >= 0.3 is 0 Å². The molecule has 8 heteroatoms. The van der Waals surface area contributed by atoms with Crippen LogP contribution in [0.5, 0.6) is 0 Å². The first-order chi connectivity index (χ1) is 13.2. The van der Waals surface area contributed by atoms with Crippen LogP contribution >= 0.6 is 0 Å². The molecule has 0 spiro atoms. The summed E-state index contributed by atoms with van der Waals surface area (Å²) in [7, 11) is -3.56. The van der Waals surface area contributed by atoms with Crippen LogP contribution in [0.15, 0.2) is 48.5 Å². The molecular weight excluding hydrogens is 378 g/mol. The molecule has 1 aliphatic rings. The molecule has 0 bridgehead atoms. The average molecular weight is 401 g/mol. The Balaban J connectivity index is 1.81. The lowest BCUT2D eigenvalue weighted by molar-refractivity contribution is -0.114. The Morgan fingerprint density at radius 2 is 1.75 bits per heavy atom. The highest BCUT2D eigenvalue weighted by Gasteiger charge is 2.44. The van der Waals surface area contributed by atoms with Gasteiger partial charge in [0, 0.05) is 24.6 Å². The van der Waals surface area contributed by atoms with Crippen LogP contribution in [-0.4, -0.2) is 33.0 Å². The van der Waals surface area contributed by atoms with Gasteiger partial charge in [0.25, 0.3) is 5.91 Å². The molecule has 2 aromatic carbocycles. The Hall–Kier alpha value is -2.87. The quantitative estimate of drug-likeness (QED) is 0.663. The molecule has 1 saturated carbocycles. The van der Waals surface area contributed by atoms with Gasteiger partial charge in [0.05, 0.1) is 17.5 Å². The Bertz CT molecular complexity index is 999. The predicted octanol–water partition coefficient (Wildman–Crippen LogP) is 2.48. The van der Waals surface area contributed by atoms with Crippen LogP contribution in [0.4, 0.5) is 11.4 Å². The van der Waals surface area contributed by atoms with E-state index in [2.05, 4.69) is 15.4 Å². The van der Waals surface area contributed by atoms with Gasteiger partial charge in [-0.15, -0.1) is 0 Å². The minimum atomic E-state index is -3.56. The molecule has 0 saturated heterocycles. The lowest BCUT2D eigenvalue weighted by Gasteiger charge is -2.18. The highest BCUT2D eigenvalue weighted by Crippen LogP contribution is 2.47. The largest absolute Gasteiger partial charge is 0.351 e. The van der Waals surface area contributed by atoms with Crippen molar-refractivity contribution < 1.29 is 18.0 Å². The van der Waals surface area contributed by atoms with E-state index in [0.717, 1.165) is 19.1 Å². The maximum atomic E-state index is 12.8. The number of benzene rings is 2. The second-order valence-electron chi connectivity index (χ2n) is 7.14. The molecule has 0 atom stereocenters. The van der Waals surface area contributed by atoms with Crippen LogP contribution in [0.2, 0.25) is 0 Å². The fourth-order valence-electron chi connectivity index (χ4n) is 3.16. The van der Waals surface area contributed by atoms with Crippen molar-refractivity contribution in [2.45, 2.75) is 25.2 Å². The van der Waals surface area contributed by atoms with Crippen LogP contribution < -0.4 is 15.4 Å². The van der Waals surface area contributed by atoms with Gasteiger partial charge in [0.2, 0.25) is 15.9 Å². The second-order valence-corrected chi connectivity index (χ2v) is 8.89. The lowest BCUT2D eigenvalue weighted by Crippen LogP contribution is -2.33. The smallest absolute Gasteiger partial charge is 0.253 e. The summed E-state index contributed by atoms with van der Waals surface area (Å²) in [5, 5.41) is 5.52. The zero-order chi connectivity index (χ0) is 20.4. The maximum Gasteiger partial charge on any atom is 0.253 e. The first-order valence-corrected chi connectivity index (χ1v) is 10.8. The molecule has 0 aromatic heterocycles. The van der Waals surface area contributed by atoms with Crippen molar-refractivity contribution in [3.63, 3.8) is 0 Å². The van der Waals surface area contributed by atoms with E-state index in [-0.39, 0.29) is 22.6 Å². The van der Waals surface area contributed by atoms with Crippen molar-refractivity contribution in [3.8, 4) is 0 Å². The first kappa shape index (κ1) is 19.9. The Morgan fingerprint density at radius 3 is 2.32 bits per heavy atom. The second kappa shape index (κ2) is 7.63. The topological polar surface area (TPSA) is 104 Å². The lowest BCUT2D eigenvalue weighted by atomic mass is 9.96. The number of carbonyl (C=O) groups is 2. The van der Waals surface area contributed by atoms with E-state index in [9.17, 15) is 18.0 Å². The number of rotatable bonds is 7. The van der Waals surface area contributed by atoms with Crippen LogP contribution in [0.3, 0.4) is 0 Å². The molecule has 3 rings (SSSR count). The number of hydrogen-bond donors (Lipinski definition) is 3. The van der Waals surface area contributed by atoms with Crippen LogP contribution in [-0.2, 0) is 20.2 Å². The molecule has 1 aliphatic carbocycles. The van der Waals surface area contributed by atoms with E-state index in [1.807, 2.05) is 30.3 Å². The summed E-state index contributed by atoms with van der Waals surface area (Å²) in [5.41, 5.74) is 1.84. The summed E-state index contributed by atoms with van der Waals surface area (Å²) >= 11 is 0. The predicted molar refractivity (Wildman–Crippen MR) is 109 cm³/mol. The molecular formula is C20H23N3O4S. The van der Waals surface area contributed by atoms with Crippen molar-refractivity contribution in [3.05, 3.63) is 59.7 Å². The van der Waals surface area contributed by atoms with E-state index in [0.29, 0.717) is 12.2 Å². The molecule has 2 aromatic rings. The van der Waals surface area contributed by atoms with Gasteiger partial charge < -0.3 is 10.6 Å². The average Bonchev–Trinajstić information content (AvgIpc) is 3.41. The monoisotopic (exact) mass is 401 g/mol. The van der Waals surface area contributed by atoms with E-state index in [4.69, 9.17) is 0 Å². The number of carbonyl (C=O) groups excluding carboxylic acids is 2. The number of amides is 2. The molecule has 2 amide bonds. The van der Waals surface area contributed by atoms with Gasteiger partial charge in [-0.05, 0) is 36.6 Å². The third-order valence-electron chi connectivity index (χ3n) is 4.71. The highest BCUT2D eigenvalue weighted by atomic mass is 32.2. The first-order valence-electron chi connectivity index (χ1n) is 8.92. The van der Waals surface area contributed by atoms with Crippen LogP contribution in [0.1, 0.15) is 35.7 Å². The normalized spacial score (nSPS) is 14.8. The molecule has 148 valence electrons. The summed E-state index contributed by atoms with van der Waals surface area (Å²) in [6.45, 7) is 1.82. The molecule has 3 N–H and O–H groups in total. The summed E-state index contributed by atoms with van der Waals surface area (Å²) in [5.74, 6) is -0.684. The molecule has 0 radical (unpaired) electrons. The van der Waals surface area contributed by atoms with Crippen LogP contribution in [0, 0.1) is 0 Å². The van der Waals surface area contributed by atoms with E-state index in [1.165, 1.54) is 30.7 Å². The Morgan fingerprint density at radius 1 is 1.07 bits per heavy atom. The summed E-state index contributed by atoms with van der Waals surface area (Å²) in [6.07, 6.45) is 2.99. The molecule has 7 nitrogen and oxygen atoms in total. The number of sulfonamides is 1. The maximum absolute atomic E-state index is 12.8. The molecule has 0 heterocycles. The standard InChI is InChI=1S/C20H23N3O4S/c1-14(24)22-16-8-9-18(23-28(2,26)27)17(12-16)19(25)21-13-20(10-11-20)15-6-4-3-5-7-15/h3-9,12,23H,10-11,13H2,1-2H3,(H,21,25)(H,22,24). The fraction of sp³-hybridized carbons (Fsp3) is 0.300. The molecule has 28 heavy (non-hydrogen) atoms. The highest BCUT2D eigenvalue weighted by molar-refractivity contribution is 7.92. The van der Waals surface area contributed by atoms with E-state index < -0.39 is 15.9 Å². The van der Waals surface area contributed by atoms with Gasteiger partial charge in [-0.1, -0.05) is 30.3 Å². The van der Waals surface area contributed by atoms with Gasteiger partial charge in [0.1, 0.15) is 0 Å². The van der Waals surface area contributed by atoms with Crippen molar-refractivity contribution in [1.82, 2.24) is 5.32 Å². The fourth-order valence-corrected chi connectivity index (χ4v) is 3.73. The van der Waals surface area contributed by atoms with Gasteiger partial charge in [-0.3, -0.25) is 14.3 Å². The SMILES string of the molecule is CC(=O)Nc1ccc(NS(C)(=O)=O)c(C(=O)NCC2(c3ccccc3)CC2)c1. The third kappa shape index (κ3) is 4.89. The number of anilines is 2. The Kier molecular flexibility index (Phi) is 5.42. The van der Waals surface area contributed by atoms with E-state index in [1.54, 1.807) is 0 Å². The summed E-state index contributed by atoms with van der Waals surface area (Å²) in [4.78, 5) is 24.1. The van der Waals surface area contributed by atoms with Crippen molar-refractivity contribution in [1.29, 1.82) is 0 Å². The third-order valence-corrected chi connectivity index (χ3v) is 5.30. The summed E-state index contributed by atoms with van der Waals surface area (Å²) < 4.78 is 25.6. The number of nitrogens with one attached hydrogen (secondary N) is 3. The van der Waals surface area contributed by atoms with E-state index >= 15 is 0 Å². The van der Waals surface area contributed by atoms with Gasteiger partial charge in [-0.25, -0.2) is 8.42 Å². The molecule has 0 aliphatic heterocycles. The minimum absolute atomic E-state index is 0.0728. The Labute approximate surface area is 164 Å². The van der Waals surface area contributed by atoms with Crippen molar-refractivity contribution in [2.24, 2.45) is 0 Å². The van der Waals surface area contributed by atoms with Crippen molar-refractivity contribution in [2.75, 3.05) is 22.8 Å². The van der Waals surface area contributed by atoms with Crippen molar-refractivity contribution >= 4 is 33.2 Å². The van der Waals surface area contributed by atoms with Gasteiger partial charge in [-0.2, -0.15) is 0 Å². The molecule has 1 fully saturated rings. The minimum Gasteiger partial charge on any atom is -0.351 e. The number of hydrogen-bond acceptors (Lipinski definition) is 4. The van der Waals surface area contributed by atoms with Gasteiger partial charge in [0.15, 0.2) is 0 Å². The van der Waals surface area contributed by atoms with Crippen LogP contribution in [0.25, 0.3) is 0 Å². The summed E-state index contributed by atoms with van der Waals surface area (Å²) in [6, 6.07) is 14.5. The zero-order valence-electron chi connectivity index (χ0n) is 15.8. The zero-order valence-corrected chi connectivity index (χ0v) is 16.6. The molecule has 0 unspecified atom stereocenters.